The van der Waals surface area contributed by atoms with Gasteiger partial charge in [0.05, 0.1) is 24.6 Å². The van der Waals surface area contributed by atoms with Gasteiger partial charge < -0.3 is 9.84 Å². The van der Waals surface area contributed by atoms with E-state index in [-0.39, 0.29) is 30.4 Å². The summed E-state index contributed by atoms with van der Waals surface area (Å²) in [6.07, 6.45) is -1.23. The standard InChI is InChI=1S/C13H12FN3O4S/c14-10-3-7(17-4-8(5-18)21-13(17)20)1-2-9(10)12-16-15-11(19)6-22-12/h1-3,8,18H,4-6H2,(H,15,19). The quantitative estimate of drug-likeness (QED) is 0.852. The van der Waals surface area contributed by atoms with Gasteiger partial charge in [0.1, 0.15) is 17.0 Å². The first-order valence-corrected chi connectivity index (χ1v) is 7.45. The van der Waals surface area contributed by atoms with Crippen molar-refractivity contribution in [3.8, 4) is 0 Å². The van der Waals surface area contributed by atoms with Gasteiger partial charge in [-0.3, -0.25) is 9.69 Å². The van der Waals surface area contributed by atoms with Crippen molar-refractivity contribution in [3.63, 3.8) is 0 Å². The minimum Gasteiger partial charge on any atom is -0.441 e. The Morgan fingerprint density at radius 2 is 2.32 bits per heavy atom. The number of rotatable bonds is 3. The first-order chi connectivity index (χ1) is 10.6. The molecule has 2 amide bonds. The van der Waals surface area contributed by atoms with Crippen LogP contribution < -0.4 is 10.3 Å². The second kappa shape index (κ2) is 5.93. The zero-order valence-electron chi connectivity index (χ0n) is 11.3. The van der Waals surface area contributed by atoms with E-state index < -0.39 is 18.0 Å². The predicted octanol–water partition coefficient (Wildman–Crippen LogP) is 0.668. The maximum Gasteiger partial charge on any atom is 0.414 e. The number of hydrazone groups is 1. The van der Waals surface area contributed by atoms with Crippen LogP contribution >= 0.6 is 11.8 Å². The number of aliphatic hydroxyl groups excluding tert-OH is 1. The number of aliphatic hydroxyl groups is 1. The molecule has 0 bridgehead atoms. The van der Waals surface area contributed by atoms with Crippen LogP contribution in [0.25, 0.3) is 0 Å². The molecule has 2 N–H and O–H groups in total. The highest BCUT2D eigenvalue weighted by atomic mass is 32.2. The SMILES string of the molecule is O=C1CSC(c2ccc(N3CC(CO)OC3=O)cc2F)=NN1. The Hall–Kier alpha value is -2.13. The summed E-state index contributed by atoms with van der Waals surface area (Å²) in [4.78, 5) is 24.0. The lowest BCUT2D eigenvalue weighted by Crippen LogP contribution is -2.27. The maximum atomic E-state index is 14.3. The lowest BCUT2D eigenvalue weighted by atomic mass is 10.2. The van der Waals surface area contributed by atoms with Crippen molar-refractivity contribution in [3.05, 3.63) is 29.6 Å². The third-order valence-electron chi connectivity index (χ3n) is 3.19. The van der Waals surface area contributed by atoms with E-state index in [1.54, 1.807) is 6.07 Å². The van der Waals surface area contributed by atoms with Gasteiger partial charge in [-0.05, 0) is 18.2 Å². The fourth-order valence-electron chi connectivity index (χ4n) is 2.12. The molecule has 1 atom stereocenters. The Kier molecular flexibility index (Phi) is 3.99. The molecule has 2 aliphatic rings. The summed E-state index contributed by atoms with van der Waals surface area (Å²) >= 11 is 1.14. The molecule has 1 aromatic carbocycles. The molecule has 0 aliphatic carbocycles. The number of halogens is 1. The van der Waals surface area contributed by atoms with Gasteiger partial charge in [-0.15, -0.1) is 0 Å². The Bertz CT molecular complexity index is 667. The molecule has 1 unspecified atom stereocenters. The number of carbonyl (C=O) groups excluding carboxylic acids is 2. The van der Waals surface area contributed by atoms with Crippen molar-refractivity contribution < 1.29 is 23.8 Å². The molecule has 0 spiro atoms. The third kappa shape index (κ3) is 2.77. The Balaban J connectivity index is 1.84. The van der Waals surface area contributed by atoms with Crippen LogP contribution in [0.5, 0.6) is 0 Å². The van der Waals surface area contributed by atoms with Crippen molar-refractivity contribution in [1.29, 1.82) is 0 Å². The number of anilines is 1. The fraction of sp³-hybridized carbons (Fsp3) is 0.308. The van der Waals surface area contributed by atoms with Crippen LogP contribution in [-0.4, -0.2) is 47.2 Å². The molecule has 2 heterocycles. The van der Waals surface area contributed by atoms with Gasteiger partial charge in [0, 0.05) is 5.56 Å². The van der Waals surface area contributed by atoms with E-state index >= 15 is 0 Å². The number of benzene rings is 1. The van der Waals surface area contributed by atoms with Crippen molar-refractivity contribution in [2.75, 3.05) is 23.8 Å². The second-order valence-corrected chi connectivity index (χ2v) is 5.67. The Morgan fingerprint density at radius 3 is 2.91 bits per heavy atom. The molecule has 1 fully saturated rings. The van der Waals surface area contributed by atoms with Gasteiger partial charge in [0.25, 0.3) is 5.91 Å². The van der Waals surface area contributed by atoms with E-state index in [0.717, 1.165) is 11.8 Å². The summed E-state index contributed by atoms with van der Waals surface area (Å²) in [5.41, 5.74) is 2.89. The number of nitrogens with one attached hydrogen (secondary N) is 1. The predicted molar refractivity (Wildman–Crippen MR) is 78.2 cm³/mol. The number of amides is 2. The molecule has 0 radical (unpaired) electrons. The average Bonchev–Trinajstić information content (AvgIpc) is 2.89. The van der Waals surface area contributed by atoms with Crippen LogP contribution in [0.4, 0.5) is 14.9 Å². The number of nitrogens with zero attached hydrogens (tertiary/aromatic N) is 2. The van der Waals surface area contributed by atoms with Gasteiger partial charge in [0.2, 0.25) is 0 Å². The van der Waals surface area contributed by atoms with Crippen molar-refractivity contribution in [2.24, 2.45) is 5.10 Å². The molecule has 116 valence electrons. The van der Waals surface area contributed by atoms with E-state index in [4.69, 9.17) is 9.84 Å². The summed E-state index contributed by atoms with van der Waals surface area (Å²) in [6.45, 7) is -0.115. The minimum atomic E-state index is -0.622. The lowest BCUT2D eigenvalue weighted by Gasteiger charge is -2.16. The van der Waals surface area contributed by atoms with Crippen LogP contribution in [0.15, 0.2) is 23.3 Å². The summed E-state index contributed by atoms with van der Waals surface area (Å²) in [7, 11) is 0. The normalized spacial score (nSPS) is 21.5. The zero-order chi connectivity index (χ0) is 15.7. The van der Waals surface area contributed by atoms with Crippen LogP contribution in [0, 0.1) is 5.82 Å². The lowest BCUT2D eigenvalue weighted by molar-refractivity contribution is -0.118. The number of thioether (sulfide) groups is 1. The monoisotopic (exact) mass is 325 g/mol. The van der Waals surface area contributed by atoms with Gasteiger partial charge in [0.15, 0.2) is 0 Å². The van der Waals surface area contributed by atoms with Gasteiger partial charge in [-0.1, -0.05) is 11.8 Å². The van der Waals surface area contributed by atoms with Crippen LogP contribution in [0.1, 0.15) is 5.56 Å². The second-order valence-electron chi connectivity index (χ2n) is 4.70. The molecular weight excluding hydrogens is 313 g/mol. The number of carbonyl (C=O) groups is 2. The highest BCUT2D eigenvalue weighted by molar-refractivity contribution is 8.15. The largest absolute Gasteiger partial charge is 0.441 e. The van der Waals surface area contributed by atoms with Crippen molar-refractivity contribution >= 4 is 34.5 Å². The average molecular weight is 325 g/mol. The zero-order valence-corrected chi connectivity index (χ0v) is 12.1. The van der Waals surface area contributed by atoms with E-state index in [0.29, 0.717) is 10.7 Å². The maximum absolute atomic E-state index is 14.3. The van der Waals surface area contributed by atoms with Crippen molar-refractivity contribution in [2.45, 2.75) is 6.10 Å². The van der Waals surface area contributed by atoms with E-state index in [9.17, 15) is 14.0 Å². The summed E-state index contributed by atoms with van der Waals surface area (Å²) in [5.74, 6) is -0.614. The molecule has 2 aliphatic heterocycles. The highest BCUT2D eigenvalue weighted by Crippen LogP contribution is 2.26. The van der Waals surface area contributed by atoms with E-state index in [1.807, 2.05) is 0 Å². The van der Waals surface area contributed by atoms with E-state index in [2.05, 4.69) is 10.5 Å². The first kappa shape index (κ1) is 14.8. The molecule has 1 aromatic rings. The summed E-state index contributed by atoms with van der Waals surface area (Å²) in [5, 5.41) is 13.2. The molecule has 0 aromatic heterocycles. The number of ether oxygens (including phenoxy) is 1. The third-order valence-corrected chi connectivity index (χ3v) is 4.19. The molecule has 3 rings (SSSR count). The minimum absolute atomic E-state index is 0.167. The van der Waals surface area contributed by atoms with Gasteiger partial charge in [-0.2, -0.15) is 5.10 Å². The molecule has 22 heavy (non-hydrogen) atoms. The highest BCUT2D eigenvalue weighted by Gasteiger charge is 2.32. The van der Waals surface area contributed by atoms with Crippen LogP contribution in [0.3, 0.4) is 0 Å². The van der Waals surface area contributed by atoms with E-state index in [1.165, 1.54) is 17.0 Å². The number of hydrogen-bond acceptors (Lipinski definition) is 6. The summed E-state index contributed by atoms with van der Waals surface area (Å²) in [6, 6.07) is 4.27. The first-order valence-electron chi connectivity index (χ1n) is 6.46. The summed E-state index contributed by atoms with van der Waals surface area (Å²) < 4.78 is 19.2. The van der Waals surface area contributed by atoms with Crippen LogP contribution in [0.2, 0.25) is 0 Å². The van der Waals surface area contributed by atoms with Crippen molar-refractivity contribution in [1.82, 2.24) is 5.43 Å². The van der Waals surface area contributed by atoms with Gasteiger partial charge in [-0.25, -0.2) is 14.6 Å². The Morgan fingerprint density at radius 1 is 1.50 bits per heavy atom. The number of cyclic esters (lactones) is 1. The molecule has 0 saturated carbocycles. The number of hydrogen-bond donors (Lipinski definition) is 2. The Labute approximate surface area is 129 Å². The smallest absolute Gasteiger partial charge is 0.414 e. The molecule has 1 saturated heterocycles. The molecular formula is C13H12FN3O4S. The van der Waals surface area contributed by atoms with Crippen LogP contribution in [-0.2, 0) is 9.53 Å². The molecule has 9 heteroatoms. The molecule has 7 nitrogen and oxygen atoms in total. The fourth-order valence-corrected chi connectivity index (χ4v) is 2.89. The topological polar surface area (TPSA) is 91.2 Å². The van der Waals surface area contributed by atoms with Gasteiger partial charge >= 0.3 is 6.09 Å².